The third-order valence-corrected chi connectivity index (χ3v) is 6.86. The summed E-state index contributed by atoms with van der Waals surface area (Å²) in [5.41, 5.74) is 17.2. The van der Waals surface area contributed by atoms with Gasteiger partial charge in [-0.3, -0.25) is 9.98 Å². The van der Waals surface area contributed by atoms with Gasteiger partial charge in [-0.2, -0.15) is 0 Å². The zero-order valence-corrected chi connectivity index (χ0v) is 21.0. The van der Waals surface area contributed by atoms with Gasteiger partial charge in [-0.05, 0) is 103 Å². The van der Waals surface area contributed by atoms with Crippen molar-refractivity contribution in [1.29, 1.82) is 0 Å². The second kappa shape index (κ2) is 9.40. The van der Waals surface area contributed by atoms with Gasteiger partial charge in [-0.15, -0.1) is 0 Å². The third kappa shape index (κ3) is 4.17. The lowest BCUT2D eigenvalue weighted by molar-refractivity contribution is 0.935. The number of allylic oxidation sites excluding steroid dienone is 4. The fourth-order valence-electron chi connectivity index (χ4n) is 5.03. The maximum Gasteiger partial charge on any atom is 0.0963 e. The van der Waals surface area contributed by atoms with Crippen molar-refractivity contribution in [1.82, 2.24) is 9.55 Å². The largest absolute Gasteiger partial charge is 0.398 e. The van der Waals surface area contributed by atoms with Crippen molar-refractivity contribution in [2.45, 2.75) is 19.9 Å². The molecule has 0 bridgehead atoms. The van der Waals surface area contributed by atoms with Crippen molar-refractivity contribution in [3.63, 3.8) is 0 Å². The van der Waals surface area contributed by atoms with Crippen LogP contribution in [0.5, 0.6) is 0 Å². The van der Waals surface area contributed by atoms with Crippen molar-refractivity contribution >= 4 is 33.8 Å². The summed E-state index contributed by atoms with van der Waals surface area (Å²) in [5, 5.41) is 1.17. The number of rotatable bonds is 5. The summed E-state index contributed by atoms with van der Waals surface area (Å²) in [4.78, 5) is 9.29. The Morgan fingerprint density at radius 3 is 2.59 bits per heavy atom. The van der Waals surface area contributed by atoms with Crippen LogP contribution < -0.4 is 5.73 Å². The molecule has 0 fully saturated rings. The number of benzene rings is 3. The van der Waals surface area contributed by atoms with Gasteiger partial charge < -0.3 is 10.3 Å². The van der Waals surface area contributed by atoms with Gasteiger partial charge in [-0.25, -0.2) is 0 Å². The smallest absolute Gasteiger partial charge is 0.0963 e. The normalized spacial score (nSPS) is 15.5. The molecule has 37 heavy (non-hydrogen) atoms. The van der Waals surface area contributed by atoms with E-state index in [4.69, 9.17) is 10.7 Å². The first-order valence-electron chi connectivity index (χ1n) is 12.5. The minimum atomic E-state index is 0.0149. The van der Waals surface area contributed by atoms with Crippen molar-refractivity contribution in [2.75, 3.05) is 0 Å². The Bertz CT molecular complexity index is 1740. The maximum atomic E-state index is 6.44. The second-order valence-corrected chi connectivity index (χ2v) is 9.39. The van der Waals surface area contributed by atoms with Gasteiger partial charge in [0.05, 0.1) is 22.6 Å². The van der Waals surface area contributed by atoms with Crippen LogP contribution in [0.25, 0.3) is 44.4 Å². The van der Waals surface area contributed by atoms with Gasteiger partial charge in [0.1, 0.15) is 0 Å². The fourth-order valence-corrected chi connectivity index (χ4v) is 5.03. The molecular weight excluding hydrogens is 452 g/mol. The monoisotopic (exact) mass is 480 g/mol. The molecule has 0 saturated heterocycles. The molecule has 0 saturated carbocycles. The van der Waals surface area contributed by atoms with Gasteiger partial charge in [0.15, 0.2) is 0 Å². The molecule has 5 aromatic rings. The first-order chi connectivity index (χ1) is 18.1. The molecule has 1 atom stereocenters. The highest BCUT2D eigenvalue weighted by atomic mass is 15.0. The Morgan fingerprint density at radius 1 is 0.946 bits per heavy atom. The zero-order chi connectivity index (χ0) is 25.4. The summed E-state index contributed by atoms with van der Waals surface area (Å²) in [7, 11) is 0. The predicted octanol–water partition coefficient (Wildman–Crippen LogP) is 7.71. The third-order valence-electron chi connectivity index (χ3n) is 6.86. The topological polar surface area (TPSA) is 56.2 Å². The van der Waals surface area contributed by atoms with E-state index in [1.165, 1.54) is 10.9 Å². The lowest BCUT2D eigenvalue weighted by Crippen LogP contribution is -2.00. The molecule has 2 N–H and O–H groups in total. The number of nitrogens with zero attached hydrogens (tertiary/aromatic N) is 3. The number of hydrogen-bond acceptors (Lipinski definition) is 3. The summed E-state index contributed by atoms with van der Waals surface area (Å²) in [6.45, 7) is 4.11. The van der Waals surface area contributed by atoms with Crippen LogP contribution in [0.1, 0.15) is 29.7 Å². The number of hydrogen-bond donors (Lipinski definition) is 1. The van der Waals surface area contributed by atoms with Crippen LogP contribution in [0.15, 0.2) is 114 Å². The van der Waals surface area contributed by atoms with Gasteiger partial charge in [0, 0.05) is 29.2 Å². The van der Waals surface area contributed by atoms with E-state index in [1.807, 2.05) is 49.7 Å². The van der Waals surface area contributed by atoms with Crippen molar-refractivity contribution < 1.29 is 0 Å². The summed E-state index contributed by atoms with van der Waals surface area (Å²) in [5.74, 6) is 0. The Balaban J connectivity index is 1.46. The quantitative estimate of drug-likeness (QED) is 0.262. The molecule has 4 nitrogen and oxygen atoms in total. The van der Waals surface area contributed by atoms with Crippen LogP contribution in [0.4, 0.5) is 0 Å². The van der Waals surface area contributed by atoms with Gasteiger partial charge in [-0.1, -0.05) is 42.0 Å². The first-order valence-corrected chi connectivity index (χ1v) is 12.5. The molecule has 1 unspecified atom stereocenters. The second-order valence-electron chi connectivity index (χ2n) is 9.39. The number of fused-ring (bicyclic) bond motifs is 3. The molecule has 0 amide bonds. The summed E-state index contributed by atoms with van der Waals surface area (Å²) >= 11 is 0. The average molecular weight is 481 g/mol. The van der Waals surface area contributed by atoms with Crippen molar-refractivity contribution in [2.24, 2.45) is 10.7 Å². The molecular formula is C33H28N4. The van der Waals surface area contributed by atoms with Gasteiger partial charge in [0.2, 0.25) is 0 Å². The molecule has 1 aliphatic rings. The predicted molar refractivity (Wildman–Crippen MR) is 156 cm³/mol. The molecule has 3 aromatic carbocycles. The van der Waals surface area contributed by atoms with E-state index < -0.39 is 0 Å². The Kier molecular flexibility index (Phi) is 5.78. The van der Waals surface area contributed by atoms with E-state index in [1.54, 1.807) is 0 Å². The maximum absolute atomic E-state index is 6.44. The van der Waals surface area contributed by atoms with Gasteiger partial charge in [0.25, 0.3) is 0 Å². The Hall–Kier alpha value is -4.70. The summed E-state index contributed by atoms with van der Waals surface area (Å²) in [6.07, 6.45) is 13.7. The Labute approximate surface area is 216 Å². The molecule has 0 radical (unpaired) electrons. The standard InChI is InChI=1S/C33H28N4/c1-3-4-7-29(34)25-19-24(20-26(21-25)30-8-5-16-35-30)23-11-13-27(14-12-23)37-31-15-10-22(2)18-28(31)33-32(37)9-6-17-36-33/h3-21,30H,34H2,1-2H3/b4-3-,29-7-. The van der Waals surface area contributed by atoms with E-state index >= 15 is 0 Å². The molecule has 0 spiro atoms. The molecule has 0 aliphatic carbocycles. The number of aryl methyl sites for hydroxylation is 1. The highest BCUT2D eigenvalue weighted by Crippen LogP contribution is 2.34. The van der Waals surface area contributed by atoms with Gasteiger partial charge >= 0.3 is 0 Å². The highest BCUT2D eigenvalue weighted by Gasteiger charge is 2.15. The van der Waals surface area contributed by atoms with Crippen LogP contribution in [0, 0.1) is 6.92 Å². The number of nitrogens with two attached hydrogens (primary N) is 1. The summed E-state index contributed by atoms with van der Waals surface area (Å²) in [6, 6.07) is 25.9. The minimum Gasteiger partial charge on any atom is -0.398 e. The van der Waals surface area contributed by atoms with E-state index in [0.29, 0.717) is 0 Å². The first kappa shape index (κ1) is 22.7. The summed E-state index contributed by atoms with van der Waals surface area (Å²) < 4.78 is 2.29. The molecule has 4 heteroatoms. The molecule has 2 aromatic heterocycles. The van der Waals surface area contributed by atoms with Crippen LogP contribution in [-0.2, 0) is 0 Å². The average Bonchev–Trinajstić information content (AvgIpc) is 3.58. The minimum absolute atomic E-state index is 0.0149. The Morgan fingerprint density at radius 2 is 1.81 bits per heavy atom. The fraction of sp³-hybridized carbons (Fsp3) is 0.0909. The molecule has 6 rings (SSSR count). The zero-order valence-electron chi connectivity index (χ0n) is 21.0. The van der Waals surface area contributed by atoms with E-state index in [2.05, 4.69) is 89.3 Å². The van der Waals surface area contributed by atoms with Crippen LogP contribution in [0.2, 0.25) is 0 Å². The van der Waals surface area contributed by atoms with Crippen molar-refractivity contribution in [3.05, 3.63) is 126 Å². The van der Waals surface area contributed by atoms with E-state index in [9.17, 15) is 0 Å². The lowest BCUT2D eigenvalue weighted by atomic mass is 9.95. The number of pyridine rings is 1. The molecule has 180 valence electrons. The van der Waals surface area contributed by atoms with E-state index in [-0.39, 0.29) is 6.04 Å². The SMILES string of the molecule is C/C=C\C=C(/N)c1cc(-c2ccc(-n3c4ccc(C)cc4c4ncccc43)cc2)cc(C2C=CC=N2)c1. The number of aliphatic imine (C=N–C) groups is 1. The van der Waals surface area contributed by atoms with Crippen LogP contribution >= 0.6 is 0 Å². The molecule has 3 heterocycles. The molecule has 1 aliphatic heterocycles. The van der Waals surface area contributed by atoms with Crippen LogP contribution in [-0.4, -0.2) is 15.8 Å². The highest BCUT2D eigenvalue weighted by molar-refractivity contribution is 6.07. The van der Waals surface area contributed by atoms with E-state index in [0.717, 1.165) is 50.2 Å². The van der Waals surface area contributed by atoms with Crippen LogP contribution in [0.3, 0.4) is 0 Å². The van der Waals surface area contributed by atoms with Crippen molar-refractivity contribution in [3.8, 4) is 16.8 Å². The lowest BCUT2D eigenvalue weighted by Gasteiger charge is -2.14. The number of aromatic nitrogens is 2.